The maximum absolute atomic E-state index is 11.9. The molecule has 0 bridgehead atoms. The Morgan fingerprint density at radius 1 is 1.53 bits per heavy atom. The predicted molar refractivity (Wildman–Crippen MR) is 73.0 cm³/mol. The van der Waals surface area contributed by atoms with Gasteiger partial charge in [-0.25, -0.2) is 8.42 Å². The molecule has 1 amide bonds. The van der Waals surface area contributed by atoms with Crippen LogP contribution in [0.5, 0.6) is 0 Å². The molecule has 1 atom stereocenters. The van der Waals surface area contributed by atoms with Crippen molar-refractivity contribution in [2.24, 2.45) is 5.73 Å². The summed E-state index contributed by atoms with van der Waals surface area (Å²) in [5.41, 5.74) is 6.60. The van der Waals surface area contributed by atoms with Crippen molar-refractivity contribution in [3.63, 3.8) is 0 Å². The molecule has 0 aliphatic rings. The normalized spacial score (nSPS) is 13.0. The number of sulfone groups is 1. The van der Waals surface area contributed by atoms with E-state index in [0.717, 1.165) is 11.8 Å². The van der Waals surface area contributed by atoms with Crippen LogP contribution in [0.4, 0.5) is 0 Å². The zero-order valence-electron chi connectivity index (χ0n) is 11.1. The molecular weight excluding hydrogens is 266 g/mol. The van der Waals surface area contributed by atoms with Crippen LogP contribution in [0.3, 0.4) is 0 Å². The number of hydrogen-bond acceptors (Lipinski definition) is 5. The maximum Gasteiger partial charge on any atom is 0.239 e. The monoisotopic (exact) mass is 285 g/mol. The first-order valence-electron chi connectivity index (χ1n) is 5.87. The summed E-state index contributed by atoms with van der Waals surface area (Å²) >= 11 is 0. The van der Waals surface area contributed by atoms with Gasteiger partial charge in [-0.3, -0.25) is 9.78 Å². The molecule has 106 valence electrons. The Bertz CT molecular complexity index is 516. The van der Waals surface area contributed by atoms with Crippen molar-refractivity contribution in [2.45, 2.75) is 19.0 Å². The molecule has 0 aromatic carbocycles. The summed E-state index contributed by atoms with van der Waals surface area (Å²) in [6.45, 7) is 0.402. The van der Waals surface area contributed by atoms with Crippen molar-refractivity contribution in [3.05, 3.63) is 30.1 Å². The Kier molecular flexibility index (Phi) is 5.44. The molecule has 0 saturated heterocycles. The molecule has 0 fully saturated rings. The molecule has 7 heteroatoms. The first-order chi connectivity index (χ1) is 8.79. The van der Waals surface area contributed by atoms with Gasteiger partial charge in [-0.1, -0.05) is 6.07 Å². The van der Waals surface area contributed by atoms with Crippen molar-refractivity contribution < 1.29 is 13.2 Å². The summed E-state index contributed by atoms with van der Waals surface area (Å²) in [6.07, 6.45) is 4.59. The number of carbonyl (C=O) groups excluding carboxylic acids is 1. The van der Waals surface area contributed by atoms with Gasteiger partial charge in [-0.2, -0.15) is 0 Å². The molecule has 2 N–H and O–H groups in total. The second-order valence-corrected chi connectivity index (χ2v) is 6.84. The third kappa shape index (κ3) is 5.80. The summed E-state index contributed by atoms with van der Waals surface area (Å²) < 4.78 is 22.1. The summed E-state index contributed by atoms with van der Waals surface area (Å²) in [4.78, 5) is 17.4. The number of nitrogens with zero attached hydrogens (tertiary/aromatic N) is 2. The van der Waals surface area contributed by atoms with E-state index in [0.29, 0.717) is 6.54 Å². The van der Waals surface area contributed by atoms with E-state index in [9.17, 15) is 13.2 Å². The van der Waals surface area contributed by atoms with Crippen LogP contribution < -0.4 is 5.73 Å². The van der Waals surface area contributed by atoms with Crippen molar-refractivity contribution >= 4 is 15.7 Å². The highest BCUT2D eigenvalue weighted by atomic mass is 32.2. The number of nitrogens with two attached hydrogens (primary N) is 1. The largest absolute Gasteiger partial charge is 0.340 e. The molecule has 1 aromatic rings. The lowest BCUT2D eigenvalue weighted by Crippen LogP contribution is -2.42. The van der Waals surface area contributed by atoms with E-state index in [1.165, 1.54) is 4.90 Å². The van der Waals surface area contributed by atoms with Gasteiger partial charge in [0.2, 0.25) is 5.91 Å². The van der Waals surface area contributed by atoms with Gasteiger partial charge in [0, 0.05) is 32.2 Å². The van der Waals surface area contributed by atoms with Gasteiger partial charge in [0.15, 0.2) is 0 Å². The van der Waals surface area contributed by atoms with Crippen LogP contribution in [-0.4, -0.2) is 49.3 Å². The topological polar surface area (TPSA) is 93.4 Å². The molecule has 0 saturated carbocycles. The summed E-state index contributed by atoms with van der Waals surface area (Å²) in [5, 5.41) is 0. The third-order valence-electron chi connectivity index (χ3n) is 2.64. The van der Waals surface area contributed by atoms with Crippen LogP contribution in [0.25, 0.3) is 0 Å². The van der Waals surface area contributed by atoms with Crippen molar-refractivity contribution in [3.8, 4) is 0 Å². The first-order valence-corrected chi connectivity index (χ1v) is 7.93. The highest BCUT2D eigenvalue weighted by Gasteiger charge is 2.19. The Balaban J connectivity index is 2.52. The fraction of sp³-hybridized carbons (Fsp3) is 0.500. The lowest BCUT2D eigenvalue weighted by Gasteiger charge is -2.21. The molecular formula is C12H19N3O3S. The number of rotatable bonds is 6. The fourth-order valence-electron chi connectivity index (χ4n) is 1.59. The number of carbonyl (C=O) groups is 1. The highest BCUT2D eigenvalue weighted by Crippen LogP contribution is 2.04. The van der Waals surface area contributed by atoms with Crippen LogP contribution >= 0.6 is 0 Å². The zero-order chi connectivity index (χ0) is 14.5. The zero-order valence-corrected chi connectivity index (χ0v) is 11.9. The summed E-state index contributed by atoms with van der Waals surface area (Å²) in [7, 11) is -1.46. The molecule has 19 heavy (non-hydrogen) atoms. The lowest BCUT2D eigenvalue weighted by atomic mass is 10.2. The van der Waals surface area contributed by atoms with Crippen LogP contribution in [0.1, 0.15) is 12.0 Å². The maximum atomic E-state index is 11.9. The average molecular weight is 285 g/mol. The number of hydrogen-bond donors (Lipinski definition) is 1. The quantitative estimate of drug-likeness (QED) is 0.781. The van der Waals surface area contributed by atoms with Crippen LogP contribution in [0, 0.1) is 0 Å². The first kappa shape index (κ1) is 15.6. The van der Waals surface area contributed by atoms with Gasteiger partial charge in [-0.05, 0) is 18.1 Å². The van der Waals surface area contributed by atoms with Gasteiger partial charge in [0.25, 0.3) is 0 Å². The molecule has 0 aliphatic heterocycles. The van der Waals surface area contributed by atoms with Gasteiger partial charge < -0.3 is 10.6 Å². The van der Waals surface area contributed by atoms with E-state index in [-0.39, 0.29) is 18.1 Å². The van der Waals surface area contributed by atoms with Gasteiger partial charge in [0.05, 0.1) is 11.8 Å². The lowest BCUT2D eigenvalue weighted by molar-refractivity contribution is -0.131. The fourth-order valence-corrected chi connectivity index (χ4v) is 2.27. The molecule has 0 aliphatic carbocycles. The number of amides is 1. The van der Waals surface area contributed by atoms with Crippen LogP contribution in [0.2, 0.25) is 0 Å². The van der Waals surface area contributed by atoms with E-state index >= 15 is 0 Å². The standard InChI is InChI=1S/C12H19N3O3S/c1-15(9-10-4-3-6-14-8-10)12(16)11(13)5-7-19(2,17)18/h3-4,6,8,11H,5,7,9,13H2,1-2H3. The second-order valence-electron chi connectivity index (χ2n) is 4.58. The smallest absolute Gasteiger partial charge is 0.239 e. The number of aromatic nitrogens is 1. The highest BCUT2D eigenvalue weighted by molar-refractivity contribution is 7.90. The Labute approximate surface area is 113 Å². The Morgan fingerprint density at radius 2 is 2.21 bits per heavy atom. The average Bonchev–Trinajstić information content (AvgIpc) is 2.35. The Morgan fingerprint density at radius 3 is 2.74 bits per heavy atom. The van der Waals surface area contributed by atoms with Crippen LogP contribution in [-0.2, 0) is 21.2 Å². The van der Waals surface area contributed by atoms with E-state index < -0.39 is 15.9 Å². The minimum Gasteiger partial charge on any atom is -0.340 e. The number of likely N-dealkylation sites (N-methyl/N-ethyl adjacent to an activating group) is 1. The molecule has 0 spiro atoms. The van der Waals surface area contributed by atoms with E-state index in [2.05, 4.69) is 4.98 Å². The molecule has 0 radical (unpaired) electrons. The number of pyridine rings is 1. The van der Waals surface area contributed by atoms with Crippen LogP contribution in [0.15, 0.2) is 24.5 Å². The van der Waals surface area contributed by atoms with Crippen molar-refractivity contribution in [2.75, 3.05) is 19.1 Å². The van der Waals surface area contributed by atoms with E-state index in [4.69, 9.17) is 5.73 Å². The third-order valence-corrected chi connectivity index (χ3v) is 3.61. The molecule has 1 heterocycles. The SMILES string of the molecule is CN(Cc1cccnc1)C(=O)C(N)CCS(C)(=O)=O. The molecule has 1 unspecified atom stereocenters. The second kappa shape index (κ2) is 6.63. The molecule has 1 rings (SSSR count). The predicted octanol–water partition coefficient (Wildman–Crippen LogP) is -0.198. The van der Waals surface area contributed by atoms with Gasteiger partial charge in [-0.15, -0.1) is 0 Å². The van der Waals surface area contributed by atoms with Gasteiger partial charge >= 0.3 is 0 Å². The minimum absolute atomic E-state index is 0.0827. The molecule has 6 nitrogen and oxygen atoms in total. The minimum atomic E-state index is -3.10. The molecule has 1 aromatic heterocycles. The van der Waals surface area contributed by atoms with Crippen molar-refractivity contribution in [1.29, 1.82) is 0 Å². The summed E-state index contributed by atoms with van der Waals surface area (Å²) in [5.74, 6) is -0.354. The summed E-state index contributed by atoms with van der Waals surface area (Å²) in [6, 6.07) is 2.85. The Hall–Kier alpha value is -1.47. The van der Waals surface area contributed by atoms with Crippen molar-refractivity contribution in [1.82, 2.24) is 9.88 Å². The van der Waals surface area contributed by atoms with Gasteiger partial charge in [0.1, 0.15) is 9.84 Å². The van der Waals surface area contributed by atoms with E-state index in [1.807, 2.05) is 6.07 Å². The van der Waals surface area contributed by atoms with E-state index in [1.54, 1.807) is 25.5 Å².